The minimum absolute atomic E-state index is 0.126. The standard InChI is InChI=1S/C15H22N2O4S/c1-3-10-22(19,20)17-9-8-16(12-18)11-15(17)13-4-6-14(21-2)7-5-13/h4-7,12,15H,3,8-11H2,1-2H3/t15-/m1/s1. The molecule has 0 aliphatic carbocycles. The van der Waals surface area contributed by atoms with Gasteiger partial charge in [-0.25, -0.2) is 8.42 Å². The zero-order valence-electron chi connectivity index (χ0n) is 12.9. The molecule has 0 unspecified atom stereocenters. The molecule has 122 valence electrons. The van der Waals surface area contributed by atoms with E-state index in [1.807, 2.05) is 19.1 Å². The number of rotatable bonds is 6. The first kappa shape index (κ1) is 16.8. The van der Waals surface area contributed by atoms with Gasteiger partial charge in [0, 0.05) is 19.6 Å². The maximum Gasteiger partial charge on any atom is 0.214 e. The Balaban J connectivity index is 2.32. The summed E-state index contributed by atoms with van der Waals surface area (Å²) >= 11 is 0. The van der Waals surface area contributed by atoms with E-state index in [1.165, 1.54) is 4.31 Å². The van der Waals surface area contributed by atoms with Gasteiger partial charge in [-0.1, -0.05) is 19.1 Å². The van der Waals surface area contributed by atoms with E-state index in [4.69, 9.17) is 4.74 Å². The quantitative estimate of drug-likeness (QED) is 0.738. The summed E-state index contributed by atoms with van der Waals surface area (Å²) < 4.78 is 31.6. The molecular weight excluding hydrogens is 304 g/mol. The molecule has 22 heavy (non-hydrogen) atoms. The molecule has 0 spiro atoms. The highest BCUT2D eigenvalue weighted by Crippen LogP contribution is 2.29. The van der Waals surface area contributed by atoms with Crippen LogP contribution in [0.3, 0.4) is 0 Å². The lowest BCUT2D eigenvalue weighted by molar-refractivity contribution is -0.120. The summed E-state index contributed by atoms with van der Waals surface area (Å²) in [5.41, 5.74) is 0.868. The van der Waals surface area contributed by atoms with Crippen LogP contribution in [-0.4, -0.2) is 56.5 Å². The van der Waals surface area contributed by atoms with Crippen molar-refractivity contribution < 1.29 is 17.9 Å². The zero-order valence-corrected chi connectivity index (χ0v) is 13.8. The second kappa shape index (κ2) is 7.11. The van der Waals surface area contributed by atoms with Gasteiger partial charge in [0.15, 0.2) is 0 Å². The molecule has 1 fully saturated rings. The van der Waals surface area contributed by atoms with Crippen LogP contribution in [0.4, 0.5) is 0 Å². The average Bonchev–Trinajstić information content (AvgIpc) is 2.54. The minimum atomic E-state index is -3.32. The summed E-state index contributed by atoms with van der Waals surface area (Å²) in [5, 5.41) is 0. The van der Waals surface area contributed by atoms with Crippen LogP contribution in [0.25, 0.3) is 0 Å². The van der Waals surface area contributed by atoms with E-state index < -0.39 is 10.0 Å². The van der Waals surface area contributed by atoms with Gasteiger partial charge in [-0.2, -0.15) is 4.31 Å². The summed E-state index contributed by atoms with van der Waals surface area (Å²) in [6.07, 6.45) is 1.35. The first-order chi connectivity index (χ1) is 10.5. The lowest BCUT2D eigenvalue weighted by Crippen LogP contribution is -2.50. The molecule has 2 rings (SSSR count). The van der Waals surface area contributed by atoms with Crippen LogP contribution in [0.15, 0.2) is 24.3 Å². The Kier molecular flexibility index (Phi) is 5.42. The van der Waals surface area contributed by atoms with Gasteiger partial charge in [0.1, 0.15) is 5.75 Å². The summed E-state index contributed by atoms with van der Waals surface area (Å²) in [4.78, 5) is 12.7. The summed E-state index contributed by atoms with van der Waals surface area (Å²) in [7, 11) is -1.73. The van der Waals surface area contributed by atoms with Crippen LogP contribution >= 0.6 is 0 Å². The zero-order chi connectivity index (χ0) is 16.2. The van der Waals surface area contributed by atoms with Crippen LogP contribution in [0.1, 0.15) is 24.9 Å². The number of hydrogen-bond donors (Lipinski definition) is 0. The average molecular weight is 326 g/mol. The van der Waals surface area contributed by atoms with Crippen LogP contribution in [0, 0.1) is 0 Å². The lowest BCUT2D eigenvalue weighted by atomic mass is 10.0. The van der Waals surface area contributed by atoms with Crippen LogP contribution < -0.4 is 4.74 Å². The van der Waals surface area contributed by atoms with Crippen LogP contribution in [0.5, 0.6) is 5.75 Å². The van der Waals surface area contributed by atoms with Crippen molar-refractivity contribution in [1.29, 1.82) is 0 Å². The molecular formula is C15H22N2O4S. The molecule has 1 aromatic rings. The summed E-state index contributed by atoms with van der Waals surface area (Å²) in [6.45, 7) is 2.98. The molecule has 0 N–H and O–H groups in total. The smallest absolute Gasteiger partial charge is 0.214 e. The van der Waals surface area contributed by atoms with E-state index in [9.17, 15) is 13.2 Å². The van der Waals surface area contributed by atoms with Gasteiger partial charge < -0.3 is 9.64 Å². The third-order valence-electron chi connectivity index (χ3n) is 3.83. The predicted octanol–water partition coefficient (Wildman–Crippen LogP) is 1.25. The first-order valence-electron chi connectivity index (χ1n) is 7.34. The molecule has 6 nitrogen and oxygen atoms in total. The predicted molar refractivity (Wildman–Crippen MR) is 84.2 cm³/mol. The number of nitrogens with zero attached hydrogens (tertiary/aromatic N) is 2. The Morgan fingerprint density at radius 3 is 2.50 bits per heavy atom. The molecule has 7 heteroatoms. The van der Waals surface area contributed by atoms with Gasteiger partial charge in [0.2, 0.25) is 16.4 Å². The fourth-order valence-electron chi connectivity index (χ4n) is 2.69. The molecule has 1 heterocycles. The number of carbonyl (C=O) groups excluding carboxylic acids is 1. The number of sulfonamides is 1. The van der Waals surface area contributed by atoms with Crippen molar-refractivity contribution in [1.82, 2.24) is 9.21 Å². The Bertz CT molecular complexity index is 600. The Hall–Kier alpha value is -1.60. The van der Waals surface area contributed by atoms with Crippen molar-refractivity contribution in [3.8, 4) is 5.75 Å². The van der Waals surface area contributed by atoms with E-state index >= 15 is 0 Å². The largest absolute Gasteiger partial charge is 0.497 e. The molecule has 1 saturated heterocycles. The van der Waals surface area contributed by atoms with Crippen molar-refractivity contribution in [2.45, 2.75) is 19.4 Å². The fraction of sp³-hybridized carbons (Fsp3) is 0.533. The second-order valence-corrected chi connectivity index (χ2v) is 7.36. The van der Waals surface area contributed by atoms with Crippen molar-refractivity contribution in [2.75, 3.05) is 32.5 Å². The Labute approximate surface area is 131 Å². The van der Waals surface area contributed by atoms with E-state index in [0.717, 1.165) is 17.7 Å². The molecule has 0 bridgehead atoms. The molecule has 1 aromatic carbocycles. The highest BCUT2D eigenvalue weighted by molar-refractivity contribution is 7.89. The number of piperazine rings is 1. The van der Waals surface area contributed by atoms with E-state index in [-0.39, 0.29) is 11.8 Å². The van der Waals surface area contributed by atoms with Gasteiger partial charge in [0.25, 0.3) is 0 Å². The molecule has 1 atom stereocenters. The highest BCUT2D eigenvalue weighted by atomic mass is 32.2. The fourth-order valence-corrected chi connectivity index (χ4v) is 4.38. The number of benzene rings is 1. The molecule has 0 radical (unpaired) electrons. The highest BCUT2D eigenvalue weighted by Gasteiger charge is 2.35. The van der Waals surface area contributed by atoms with Gasteiger partial charge >= 0.3 is 0 Å². The van der Waals surface area contributed by atoms with E-state index in [1.54, 1.807) is 24.1 Å². The number of amides is 1. The van der Waals surface area contributed by atoms with Gasteiger partial charge in [-0.15, -0.1) is 0 Å². The van der Waals surface area contributed by atoms with E-state index in [0.29, 0.717) is 26.1 Å². The third kappa shape index (κ3) is 3.59. The molecule has 1 amide bonds. The minimum Gasteiger partial charge on any atom is -0.497 e. The number of hydrogen-bond acceptors (Lipinski definition) is 4. The second-order valence-electron chi connectivity index (χ2n) is 5.32. The van der Waals surface area contributed by atoms with Crippen molar-refractivity contribution in [3.63, 3.8) is 0 Å². The van der Waals surface area contributed by atoms with Crippen LogP contribution in [-0.2, 0) is 14.8 Å². The first-order valence-corrected chi connectivity index (χ1v) is 8.95. The maximum atomic E-state index is 12.5. The monoisotopic (exact) mass is 326 g/mol. The van der Waals surface area contributed by atoms with Gasteiger partial charge in [0.05, 0.1) is 18.9 Å². The van der Waals surface area contributed by atoms with Crippen LogP contribution in [0.2, 0.25) is 0 Å². The number of ether oxygens (including phenoxy) is 1. The topological polar surface area (TPSA) is 66.9 Å². The van der Waals surface area contributed by atoms with Gasteiger partial charge in [-0.3, -0.25) is 4.79 Å². The maximum absolute atomic E-state index is 12.5. The van der Waals surface area contributed by atoms with Crippen molar-refractivity contribution in [2.24, 2.45) is 0 Å². The Morgan fingerprint density at radius 2 is 1.95 bits per heavy atom. The molecule has 0 aromatic heterocycles. The third-order valence-corrected chi connectivity index (χ3v) is 5.91. The molecule has 1 aliphatic rings. The Morgan fingerprint density at radius 1 is 1.27 bits per heavy atom. The normalized spacial score (nSPS) is 19.9. The van der Waals surface area contributed by atoms with Gasteiger partial charge in [-0.05, 0) is 24.1 Å². The lowest BCUT2D eigenvalue weighted by Gasteiger charge is -2.39. The van der Waals surface area contributed by atoms with E-state index in [2.05, 4.69) is 0 Å². The molecule has 1 aliphatic heterocycles. The summed E-state index contributed by atoms with van der Waals surface area (Å²) in [5.74, 6) is 0.843. The summed E-state index contributed by atoms with van der Waals surface area (Å²) in [6, 6.07) is 6.97. The van der Waals surface area contributed by atoms with Crippen molar-refractivity contribution in [3.05, 3.63) is 29.8 Å². The van der Waals surface area contributed by atoms with Crippen molar-refractivity contribution >= 4 is 16.4 Å². The number of carbonyl (C=O) groups is 1. The number of methoxy groups -OCH3 is 1. The SMILES string of the molecule is CCCS(=O)(=O)N1CCN(C=O)C[C@@H]1c1ccc(OC)cc1. The molecule has 0 saturated carbocycles.